The molecule has 2 aliphatic rings. The Morgan fingerprint density at radius 2 is 1.74 bits per heavy atom. The van der Waals surface area contributed by atoms with E-state index in [0.717, 1.165) is 32.0 Å². The molecule has 0 atom stereocenters. The van der Waals surface area contributed by atoms with Crippen molar-refractivity contribution in [3.8, 4) is 0 Å². The quantitative estimate of drug-likeness (QED) is 0.395. The van der Waals surface area contributed by atoms with E-state index in [1.807, 2.05) is 0 Å². The minimum atomic E-state index is -4.13. The van der Waals surface area contributed by atoms with Crippen LogP contribution in [0.15, 0.2) is 4.99 Å². The number of nitrogens with one attached hydrogen (secondary N) is 2. The lowest BCUT2D eigenvalue weighted by molar-refractivity contribution is -0.132. The first-order valence-electron chi connectivity index (χ1n) is 8.26. The van der Waals surface area contributed by atoms with Crippen LogP contribution in [0.2, 0.25) is 0 Å². The van der Waals surface area contributed by atoms with Crippen LogP contribution in [0.25, 0.3) is 0 Å². The zero-order chi connectivity index (χ0) is 16.0. The molecule has 8 heteroatoms. The van der Waals surface area contributed by atoms with Crippen LogP contribution in [0.1, 0.15) is 44.9 Å². The molecule has 1 aliphatic heterocycles. The third kappa shape index (κ3) is 7.45. The molecule has 0 spiro atoms. The first kappa shape index (κ1) is 20.8. The van der Waals surface area contributed by atoms with Crippen LogP contribution in [0, 0.1) is 0 Å². The van der Waals surface area contributed by atoms with E-state index in [4.69, 9.17) is 0 Å². The lowest BCUT2D eigenvalue weighted by Gasteiger charge is -2.36. The molecule has 2 N–H and O–H groups in total. The number of guanidine groups is 1. The van der Waals surface area contributed by atoms with Gasteiger partial charge in [0.1, 0.15) is 0 Å². The molecule has 0 aromatic rings. The van der Waals surface area contributed by atoms with Crippen molar-refractivity contribution in [2.75, 3.05) is 26.7 Å². The fourth-order valence-electron chi connectivity index (χ4n) is 3.39. The summed E-state index contributed by atoms with van der Waals surface area (Å²) in [6.45, 7) is 2.01. The van der Waals surface area contributed by atoms with E-state index < -0.39 is 12.6 Å². The number of rotatable bonds is 4. The van der Waals surface area contributed by atoms with Gasteiger partial charge in [-0.1, -0.05) is 12.8 Å². The van der Waals surface area contributed by atoms with Gasteiger partial charge in [0.05, 0.1) is 6.42 Å². The van der Waals surface area contributed by atoms with Crippen molar-refractivity contribution in [2.45, 2.75) is 63.2 Å². The van der Waals surface area contributed by atoms with Crippen LogP contribution >= 0.6 is 24.0 Å². The Labute approximate surface area is 153 Å². The summed E-state index contributed by atoms with van der Waals surface area (Å²) in [5.74, 6) is 0.476. The molecule has 0 amide bonds. The van der Waals surface area contributed by atoms with Crippen LogP contribution in [-0.2, 0) is 0 Å². The summed E-state index contributed by atoms with van der Waals surface area (Å²) < 4.78 is 36.5. The van der Waals surface area contributed by atoms with Crippen LogP contribution in [0.5, 0.6) is 0 Å². The third-order valence-electron chi connectivity index (χ3n) is 4.64. The van der Waals surface area contributed by atoms with Crippen molar-refractivity contribution < 1.29 is 13.2 Å². The van der Waals surface area contributed by atoms with Gasteiger partial charge in [0, 0.05) is 38.8 Å². The second kappa shape index (κ2) is 9.90. The van der Waals surface area contributed by atoms with Crippen molar-refractivity contribution in [1.82, 2.24) is 15.5 Å². The van der Waals surface area contributed by atoms with E-state index in [-0.39, 0.29) is 30.5 Å². The monoisotopic (exact) mass is 448 g/mol. The summed E-state index contributed by atoms with van der Waals surface area (Å²) >= 11 is 0. The van der Waals surface area contributed by atoms with Crippen LogP contribution < -0.4 is 10.6 Å². The highest BCUT2D eigenvalue weighted by atomic mass is 127. The zero-order valence-electron chi connectivity index (χ0n) is 13.7. The highest BCUT2D eigenvalue weighted by Crippen LogP contribution is 2.26. The normalized spacial score (nSPS) is 22.0. The van der Waals surface area contributed by atoms with Gasteiger partial charge < -0.3 is 15.5 Å². The Hall–Kier alpha value is -0.250. The average molecular weight is 448 g/mol. The number of hydrogen-bond acceptors (Lipinski definition) is 2. The van der Waals surface area contributed by atoms with E-state index in [1.165, 1.54) is 25.7 Å². The van der Waals surface area contributed by atoms with E-state index in [0.29, 0.717) is 12.0 Å². The maximum atomic E-state index is 12.2. The fraction of sp³-hybridized carbons (Fsp3) is 0.933. The fourth-order valence-corrected chi connectivity index (χ4v) is 3.39. The van der Waals surface area contributed by atoms with Gasteiger partial charge in [-0.15, -0.1) is 24.0 Å². The van der Waals surface area contributed by atoms with Gasteiger partial charge in [0.2, 0.25) is 0 Å². The van der Waals surface area contributed by atoms with E-state index in [9.17, 15) is 13.2 Å². The number of halogens is 4. The highest BCUT2D eigenvalue weighted by molar-refractivity contribution is 14.0. The molecule has 23 heavy (non-hydrogen) atoms. The summed E-state index contributed by atoms with van der Waals surface area (Å²) in [6, 6.07) is 1.06. The maximum absolute atomic E-state index is 12.2. The molecule has 0 aromatic heterocycles. The van der Waals surface area contributed by atoms with Crippen LogP contribution in [0.3, 0.4) is 0 Å². The predicted octanol–water partition coefficient (Wildman–Crippen LogP) is 3.13. The molecule has 136 valence electrons. The molecule has 2 fully saturated rings. The highest BCUT2D eigenvalue weighted by Gasteiger charge is 2.28. The molecular weight excluding hydrogens is 420 g/mol. The number of likely N-dealkylation sites (tertiary alicyclic amines) is 1. The predicted molar refractivity (Wildman–Crippen MR) is 97.4 cm³/mol. The average Bonchev–Trinajstić information content (AvgIpc) is 3.00. The minimum Gasteiger partial charge on any atom is -0.356 e. The Balaban J connectivity index is 0.00000264. The number of hydrogen-bond donors (Lipinski definition) is 2. The van der Waals surface area contributed by atoms with Gasteiger partial charge >= 0.3 is 6.18 Å². The molecule has 0 bridgehead atoms. The number of aliphatic imine (C=N–C) groups is 1. The Kier molecular flexibility index (Phi) is 8.95. The van der Waals surface area contributed by atoms with Crippen molar-refractivity contribution in [3.05, 3.63) is 0 Å². The van der Waals surface area contributed by atoms with Crippen molar-refractivity contribution in [1.29, 1.82) is 0 Å². The second-order valence-corrected chi connectivity index (χ2v) is 6.26. The molecule has 2 rings (SSSR count). The molecule has 4 nitrogen and oxygen atoms in total. The Bertz CT molecular complexity index is 362. The summed E-state index contributed by atoms with van der Waals surface area (Å²) in [5.41, 5.74) is 0. The lowest BCUT2D eigenvalue weighted by atomic mass is 10.0. The molecule has 1 heterocycles. The van der Waals surface area contributed by atoms with Crippen LogP contribution in [-0.4, -0.2) is 55.8 Å². The van der Waals surface area contributed by atoms with E-state index in [2.05, 4.69) is 20.5 Å². The lowest BCUT2D eigenvalue weighted by Crippen LogP contribution is -2.50. The van der Waals surface area contributed by atoms with Crippen molar-refractivity contribution in [3.63, 3.8) is 0 Å². The van der Waals surface area contributed by atoms with Gasteiger partial charge in [0.25, 0.3) is 0 Å². The molecule has 0 aromatic carbocycles. The third-order valence-corrected chi connectivity index (χ3v) is 4.64. The molecule has 0 unspecified atom stereocenters. The molecule has 1 saturated heterocycles. The minimum absolute atomic E-state index is 0. The van der Waals surface area contributed by atoms with Gasteiger partial charge in [-0.25, -0.2) is 0 Å². The molecule has 1 saturated carbocycles. The summed E-state index contributed by atoms with van der Waals surface area (Å²) in [6.07, 6.45) is 2.41. The zero-order valence-corrected chi connectivity index (χ0v) is 16.0. The number of nitrogens with zero attached hydrogens (tertiary/aromatic N) is 2. The van der Waals surface area contributed by atoms with Gasteiger partial charge in [-0.05, 0) is 25.7 Å². The summed E-state index contributed by atoms with van der Waals surface area (Å²) in [7, 11) is 1.59. The van der Waals surface area contributed by atoms with E-state index in [1.54, 1.807) is 7.05 Å². The standard InChI is InChI=1S/C15H27F3N4.HI/c1-19-14(20-9-8-15(16,17)18)21-12-6-10-22(11-7-12)13-4-2-3-5-13;/h12-13H,2-11H2,1H3,(H2,19,20,21);1H. The Morgan fingerprint density at radius 1 is 1.13 bits per heavy atom. The van der Waals surface area contributed by atoms with Crippen molar-refractivity contribution in [2.24, 2.45) is 4.99 Å². The van der Waals surface area contributed by atoms with Gasteiger partial charge in [-0.3, -0.25) is 4.99 Å². The van der Waals surface area contributed by atoms with Crippen molar-refractivity contribution >= 4 is 29.9 Å². The molecular formula is C15H28F3IN4. The Morgan fingerprint density at radius 3 is 2.26 bits per heavy atom. The summed E-state index contributed by atoms with van der Waals surface area (Å²) in [5, 5.41) is 5.99. The second-order valence-electron chi connectivity index (χ2n) is 6.26. The number of alkyl halides is 3. The maximum Gasteiger partial charge on any atom is 0.390 e. The molecule has 1 aliphatic carbocycles. The number of piperidine rings is 1. The smallest absolute Gasteiger partial charge is 0.356 e. The first-order chi connectivity index (χ1) is 10.5. The SMILES string of the molecule is CN=C(NCCC(F)(F)F)NC1CCN(C2CCCC2)CC1.I. The summed E-state index contributed by atoms with van der Waals surface area (Å²) in [4.78, 5) is 6.59. The topological polar surface area (TPSA) is 39.7 Å². The van der Waals surface area contributed by atoms with Gasteiger partial charge in [0.15, 0.2) is 5.96 Å². The molecule has 0 radical (unpaired) electrons. The first-order valence-corrected chi connectivity index (χ1v) is 8.26. The van der Waals surface area contributed by atoms with Crippen LogP contribution in [0.4, 0.5) is 13.2 Å². The van der Waals surface area contributed by atoms with E-state index >= 15 is 0 Å². The largest absolute Gasteiger partial charge is 0.390 e. The van der Waals surface area contributed by atoms with Gasteiger partial charge in [-0.2, -0.15) is 13.2 Å².